The summed E-state index contributed by atoms with van der Waals surface area (Å²) in [6.07, 6.45) is 1.64. The van der Waals surface area contributed by atoms with Crippen molar-refractivity contribution in [1.82, 2.24) is 20.2 Å². The van der Waals surface area contributed by atoms with Crippen molar-refractivity contribution in [3.63, 3.8) is 0 Å². The predicted octanol–water partition coefficient (Wildman–Crippen LogP) is 3.75. The first-order chi connectivity index (χ1) is 13.2. The fourth-order valence-corrected chi connectivity index (χ4v) is 3.45. The van der Waals surface area contributed by atoms with E-state index in [4.69, 9.17) is 4.74 Å². The number of aromatic amines is 1. The van der Waals surface area contributed by atoms with Crippen LogP contribution in [0.5, 0.6) is 0 Å². The van der Waals surface area contributed by atoms with E-state index in [-0.39, 0.29) is 19.1 Å². The molecule has 1 fully saturated rings. The highest BCUT2D eigenvalue weighted by molar-refractivity contribution is 5.85. The first-order valence-electron chi connectivity index (χ1n) is 9.06. The average molecular weight is 373 g/mol. The Morgan fingerprint density at radius 2 is 2.07 bits per heavy atom. The molecule has 1 aliphatic carbocycles. The molecule has 8 heteroatoms. The third-order valence-electron chi connectivity index (χ3n) is 4.92. The van der Waals surface area contributed by atoms with Crippen molar-refractivity contribution in [1.29, 1.82) is 0 Å². The van der Waals surface area contributed by atoms with E-state index in [2.05, 4.69) is 25.5 Å². The highest BCUT2D eigenvalue weighted by Gasteiger charge is 2.32. The monoisotopic (exact) mass is 373 g/mol. The SMILES string of the molecule is F[C@@H](CO[C@H]1CC[C@H](Nc2ncnc3[nH]ncc23)C[C@@H]1F)c1ccccc1. The van der Waals surface area contributed by atoms with Crippen molar-refractivity contribution in [2.45, 2.75) is 43.8 Å². The summed E-state index contributed by atoms with van der Waals surface area (Å²) in [5, 5.41) is 10.8. The van der Waals surface area contributed by atoms with Gasteiger partial charge in [-0.1, -0.05) is 30.3 Å². The number of alkyl halides is 2. The third-order valence-corrected chi connectivity index (χ3v) is 4.92. The molecule has 2 aromatic heterocycles. The Hall–Kier alpha value is -2.61. The van der Waals surface area contributed by atoms with E-state index in [1.54, 1.807) is 30.5 Å². The molecule has 0 radical (unpaired) electrons. The molecule has 1 aliphatic rings. The van der Waals surface area contributed by atoms with E-state index < -0.39 is 18.4 Å². The molecule has 3 aromatic rings. The highest BCUT2D eigenvalue weighted by atomic mass is 19.1. The lowest BCUT2D eigenvalue weighted by Crippen LogP contribution is -2.39. The van der Waals surface area contributed by atoms with Crippen LogP contribution < -0.4 is 5.32 Å². The van der Waals surface area contributed by atoms with Crippen molar-refractivity contribution in [2.75, 3.05) is 11.9 Å². The second-order valence-electron chi connectivity index (χ2n) is 6.77. The summed E-state index contributed by atoms with van der Waals surface area (Å²) in [4.78, 5) is 8.31. The number of H-pyrrole nitrogens is 1. The van der Waals surface area contributed by atoms with E-state index in [1.807, 2.05) is 6.07 Å². The van der Waals surface area contributed by atoms with Gasteiger partial charge in [-0.05, 0) is 18.4 Å². The average Bonchev–Trinajstić information content (AvgIpc) is 3.18. The molecule has 4 atom stereocenters. The summed E-state index contributed by atoms with van der Waals surface area (Å²) in [7, 11) is 0. The lowest BCUT2D eigenvalue weighted by Gasteiger charge is -2.32. The number of anilines is 1. The van der Waals surface area contributed by atoms with Crippen LogP contribution in [0.1, 0.15) is 31.0 Å². The molecule has 1 aromatic carbocycles. The molecule has 0 saturated heterocycles. The van der Waals surface area contributed by atoms with Gasteiger partial charge in [0.25, 0.3) is 0 Å². The van der Waals surface area contributed by atoms with Gasteiger partial charge in [0.05, 0.1) is 24.3 Å². The summed E-state index contributed by atoms with van der Waals surface area (Å²) in [5.74, 6) is 0.637. The van der Waals surface area contributed by atoms with Crippen molar-refractivity contribution in [2.24, 2.45) is 0 Å². The van der Waals surface area contributed by atoms with Crippen LogP contribution in [0.4, 0.5) is 14.6 Å². The molecule has 0 unspecified atom stereocenters. The largest absolute Gasteiger partial charge is 0.372 e. The van der Waals surface area contributed by atoms with E-state index >= 15 is 0 Å². The highest BCUT2D eigenvalue weighted by Crippen LogP contribution is 2.29. The molecule has 2 heterocycles. The number of aromatic nitrogens is 4. The molecule has 0 aliphatic heterocycles. The number of hydrogen-bond acceptors (Lipinski definition) is 5. The van der Waals surface area contributed by atoms with Gasteiger partial charge < -0.3 is 10.1 Å². The molecule has 0 bridgehead atoms. The van der Waals surface area contributed by atoms with Gasteiger partial charge in [-0.3, -0.25) is 5.10 Å². The summed E-state index contributed by atoms with van der Waals surface area (Å²) < 4.78 is 34.3. The zero-order chi connectivity index (χ0) is 18.6. The first-order valence-corrected chi connectivity index (χ1v) is 9.06. The van der Waals surface area contributed by atoms with Crippen LogP contribution in [0, 0.1) is 0 Å². The Labute approximate surface area is 155 Å². The minimum Gasteiger partial charge on any atom is -0.372 e. The zero-order valence-electron chi connectivity index (χ0n) is 14.7. The minimum absolute atomic E-state index is 0.0665. The summed E-state index contributed by atoms with van der Waals surface area (Å²) in [6.45, 7) is -0.130. The molecule has 2 N–H and O–H groups in total. The first kappa shape index (κ1) is 17.8. The number of ether oxygens (including phenoxy) is 1. The second kappa shape index (κ2) is 7.96. The maximum atomic E-state index is 14.6. The van der Waals surface area contributed by atoms with E-state index in [0.29, 0.717) is 23.4 Å². The normalized spacial score (nSPS) is 24.0. The van der Waals surface area contributed by atoms with Crippen molar-refractivity contribution in [3.8, 4) is 0 Å². The van der Waals surface area contributed by atoms with Crippen LogP contribution >= 0.6 is 0 Å². The molecule has 4 rings (SSSR count). The number of nitrogens with zero attached hydrogens (tertiary/aromatic N) is 3. The van der Waals surface area contributed by atoms with Crippen molar-refractivity contribution >= 4 is 16.9 Å². The standard InChI is InChI=1S/C19H21F2N5O/c20-15-8-13(25-18-14-9-24-26-19(14)23-11-22-18)6-7-17(15)27-10-16(21)12-4-2-1-3-5-12/h1-5,9,11,13,15-17H,6-8,10H2,(H2,22,23,24,25,26)/t13-,15-,16-,17-/m0/s1. The summed E-state index contributed by atoms with van der Waals surface area (Å²) >= 11 is 0. The lowest BCUT2D eigenvalue weighted by molar-refractivity contribution is -0.0455. The van der Waals surface area contributed by atoms with E-state index in [9.17, 15) is 8.78 Å². The van der Waals surface area contributed by atoms with Gasteiger partial charge in [0.2, 0.25) is 0 Å². The number of benzene rings is 1. The van der Waals surface area contributed by atoms with E-state index in [1.165, 1.54) is 6.33 Å². The lowest BCUT2D eigenvalue weighted by atomic mass is 9.91. The van der Waals surface area contributed by atoms with Gasteiger partial charge in [0, 0.05) is 12.5 Å². The fraction of sp³-hybridized carbons (Fsp3) is 0.421. The Morgan fingerprint density at radius 1 is 1.22 bits per heavy atom. The van der Waals surface area contributed by atoms with Crippen LogP contribution in [0.2, 0.25) is 0 Å². The van der Waals surface area contributed by atoms with Crippen LogP contribution in [0.25, 0.3) is 11.0 Å². The molecular formula is C19H21F2N5O. The number of halogens is 2. The Morgan fingerprint density at radius 3 is 2.89 bits per heavy atom. The maximum Gasteiger partial charge on any atom is 0.160 e. The second-order valence-corrected chi connectivity index (χ2v) is 6.77. The number of nitrogens with one attached hydrogen (secondary N) is 2. The molecule has 0 spiro atoms. The molecular weight excluding hydrogens is 352 g/mol. The Bertz CT molecular complexity index is 875. The molecule has 142 valence electrons. The van der Waals surface area contributed by atoms with Crippen LogP contribution in [0.3, 0.4) is 0 Å². The fourth-order valence-electron chi connectivity index (χ4n) is 3.45. The topological polar surface area (TPSA) is 75.7 Å². The van der Waals surface area contributed by atoms with Gasteiger partial charge in [0.1, 0.15) is 24.5 Å². The number of rotatable bonds is 6. The molecule has 0 amide bonds. The van der Waals surface area contributed by atoms with Gasteiger partial charge >= 0.3 is 0 Å². The summed E-state index contributed by atoms with van der Waals surface area (Å²) in [6, 6.07) is 8.74. The Balaban J connectivity index is 1.31. The van der Waals surface area contributed by atoms with Gasteiger partial charge in [-0.25, -0.2) is 18.7 Å². The van der Waals surface area contributed by atoms with Gasteiger partial charge in [-0.15, -0.1) is 0 Å². The quantitative estimate of drug-likeness (QED) is 0.688. The van der Waals surface area contributed by atoms with Crippen LogP contribution in [-0.4, -0.2) is 45.1 Å². The molecule has 27 heavy (non-hydrogen) atoms. The smallest absolute Gasteiger partial charge is 0.160 e. The number of fused-ring (bicyclic) bond motifs is 1. The summed E-state index contributed by atoms with van der Waals surface area (Å²) in [5.41, 5.74) is 1.19. The Kier molecular flexibility index (Phi) is 5.24. The van der Waals surface area contributed by atoms with Crippen molar-refractivity contribution < 1.29 is 13.5 Å². The minimum atomic E-state index is -1.25. The zero-order valence-corrected chi connectivity index (χ0v) is 14.7. The maximum absolute atomic E-state index is 14.6. The van der Waals surface area contributed by atoms with Gasteiger partial charge in [0.15, 0.2) is 5.65 Å². The van der Waals surface area contributed by atoms with Gasteiger partial charge in [-0.2, -0.15) is 5.10 Å². The van der Waals surface area contributed by atoms with E-state index in [0.717, 1.165) is 11.8 Å². The number of hydrogen-bond donors (Lipinski definition) is 2. The van der Waals surface area contributed by atoms with Crippen molar-refractivity contribution in [3.05, 3.63) is 48.4 Å². The molecule has 6 nitrogen and oxygen atoms in total. The van der Waals surface area contributed by atoms with Crippen LogP contribution in [0.15, 0.2) is 42.9 Å². The van der Waals surface area contributed by atoms with Crippen LogP contribution in [-0.2, 0) is 4.74 Å². The predicted molar refractivity (Wildman–Crippen MR) is 97.9 cm³/mol. The third kappa shape index (κ3) is 4.05. The molecule has 1 saturated carbocycles.